The highest BCUT2D eigenvalue weighted by Gasteiger charge is 2.55. The maximum absolute atomic E-state index is 2.74. The van der Waals surface area contributed by atoms with Crippen molar-refractivity contribution in [3.05, 3.63) is 288 Å². The van der Waals surface area contributed by atoms with Gasteiger partial charge in [-0.15, -0.1) is 0 Å². The van der Waals surface area contributed by atoms with Crippen molar-refractivity contribution in [2.75, 3.05) is 14.7 Å². The lowest BCUT2D eigenvalue weighted by Crippen LogP contribution is -2.64. The van der Waals surface area contributed by atoms with E-state index in [1.54, 1.807) is 22.3 Å². The Hall–Kier alpha value is -8.34. The van der Waals surface area contributed by atoms with Crippen LogP contribution in [0.4, 0.5) is 34.1 Å². The molecule has 0 radical (unpaired) electrons. The topological polar surface area (TPSA) is 9.72 Å². The summed E-state index contributed by atoms with van der Waals surface area (Å²) in [4.78, 5) is 7.90. The Kier molecular flexibility index (Phi) is 9.52. The fourth-order valence-corrected chi connectivity index (χ4v) is 16.6. The number of anilines is 6. The predicted octanol–water partition coefficient (Wildman–Crippen LogP) is 16.6. The summed E-state index contributed by atoms with van der Waals surface area (Å²) in [5, 5.41) is 0. The minimum absolute atomic E-state index is 0.000508. The molecule has 8 aromatic rings. The van der Waals surface area contributed by atoms with Crippen molar-refractivity contribution in [1.29, 1.82) is 0 Å². The van der Waals surface area contributed by atoms with Crippen LogP contribution in [0.3, 0.4) is 0 Å². The molecule has 0 amide bonds. The second kappa shape index (κ2) is 16.6. The minimum atomic E-state index is -0.0895. The van der Waals surface area contributed by atoms with Gasteiger partial charge in [0.1, 0.15) is 0 Å². The molecule has 0 aromatic heterocycles. The Bertz CT molecular complexity index is 3940. The zero-order chi connectivity index (χ0) is 51.4. The highest BCUT2D eigenvalue weighted by Crippen LogP contribution is 2.62. The van der Waals surface area contributed by atoms with Crippen LogP contribution in [0.1, 0.15) is 50.7 Å². The van der Waals surface area contributed by atoms with E-state index in [9.17, 15) is 0 Å². The first-order valence-electron chi connectivity index (χ1n) is 28.7. The SMILES string of the molecule is CC1(c2ccc(N3C4=CC(N(c5ccccc5)c5ccccc5)=CC5C4B(c4c(-c6ccccc6)cccc43)c3c(-c4ccccc4)cccc3N5c3ccc(C4(C)C=C5CC6=CC(C4)C65)cc3)cc2)C=C2CC3=CC(C1)C32. The van der Waals surface area contributed by atoms with Gasteiger partial charge in [0.2, 0.25) is 6.71 Å². The molecular formula is C74H60BN3. The van der Waals surface area contributed by atoms with Crippen molar-refractivity contribution < 1.29 is 0 Å². The summed E-state index contributed by atoms with van der Waals surface area (Å²) in [6.07, 6.45) is 20.3. The third-order valence-corrected chi connectivity index (χ3v) is 20.1. The van der Waals surface area contributed by atoms with E-state index in [-0.39, 0.29) is 29.4 Å². The molecule has 2 saturated carbocycles. The maximum Gasteiger partial charge on any atom is 0.227 e. The van der Waals surface area contributed by atoms with E-state index >= 15 is 0 Å². The first-order chi connectivity index (χ1) is 38.4. The highest BCUT2D eigenvalue weighted by atomic mass is 15.2. The van der Waals surface area contributed by atoms with Crippen molar-refractivity contribution in [1.82, 2.24) is 0 Å². The zero-order valence-electron chi connectivity index (χ0n) is 44.3. The van der Waals surface area contributed by atoms with Crippen LogP contribution >= 0.6 is 0 Å². The molecule has 0 spiro atoms. The average molecular weight is 1000 g/mol. The summed E-state index contributed by atoms with van der Waals surface area (Å²) in [5.74, 6) is 2.81. The standard InChI is InChI=1S/C74H60BN3/c1-73(43-51-37-49-38-52(44-73)68(49)51)55-29-33-59(34-30-55)77-64-27-15-25-62(47-17-7-3-8-18-47)70(64)75-71-63(48-19-9-4-10-20-48)26-16-28-65(71)78(60-35-31-56(32-36-60)74(2)45-53-39-50-40-54(46-74)69(50)53)67-42-61(41-66(77)72(67)75)76(57-21-11-5-12-22-57)58-23-13-6-14-24-58/h3-37,39,41-42,44,46,51,53,66,68-69,72H,38,40,43,45H2,1-2H3. The first-order valence-corrected chi connectivity index (χ1v) is 28.7. The number of rotatable bonds is 9. The maximum atomic E-state index is 2.74. The summed E-state index contributed by atoms with van der Waals surface area (Å²) in [7, 11) is 0. The van der Waals surface area contributed by atoms with Gasteiger partial charge in [0.15, 0.2) is 0 Å². The predicted molar refractivity (Wildman–Crippen MR) is 324 cm³/mol. The second-order valence-electron chi connectivity index (χ2n) is 24.5. The molecule has 0 bridgehead atoms. The van der Waals surface area contributed by atoms with E-state index < -0.39 is 0 Å². The van der Waals surface area contributed by atoms with Crippen molar-refractivity contribution in [2.24, 2.45) is 23.7 Å². The lowest BCUT2D eigenvalue weighted by atomic mass is 9.27. The second-order valence-corrected chi connectivity index (χ2v) is 24.5. The molecule has 9 aliphatic rings. The Morgan fingerprint density at radius 1 is 0.462 bits per heavy atom. The third-order valence-electron chi connectivity index (χ3n) is 20.1. The van der Waals surface area contributed by atoms with Gasteiger partial charge in [0.05, 0.1) is 6.04 Å². The molecule has 0 N–H and O–H groups in total. The van der Waals surface area contributed by atoms with Crippen LogP contribution in [0.5, 0.6) is 0 Å². The van der Waals surface area contributed by atoms with Crippen LogP contribution in [0, 0.1) is 23.7 Å². The van der Waals surface area contributed by atoms with Gasteiger partial charge < -0.3 is 14.7 Å². The van der Waals surface area contributed by atoms with Crippen LogP contribution in [-0.2, 0) is 10.8 Å². The molecule has 7 aliphatic carbocycles. The summed E-state index contributed by atoms with van der Waals surface area (Å²) in [6, 6.07) is 78.2. The fourth-order valence-electron chi connectivity index (χ4n) is 16.6. The zero-order valence-corrected chi connectivity index (χ0v) is 44.3. The Balaban J connectivity index is 0.920. The smallest absolute Gasteiger partial charge is 0.227 e. The largest absolute Gasteiger partial charge is 0.335 e. The summed E-state index contributed by atoms with van der Waals surface area (Å²) in [6.45, 7) is 4.96. The first kappa shape index (κ1) is 44.8. The van der Waals surface area contributed by atoms with Gasteiger partial charge in [-0.2, -0.15) is 0 Å². The number of hydrogen-bond acceptors (Lipinski definition) is 3. The van der Waals surface area contributed by atoms with Crippen LogP contribution in [-0.4, -0.2) is 12.8 Å². The van der Waals surface area contributed by atoms with Crippen molar-refractivity contribution in [2.45, 2.75) is 62.2 Å². The Morgan fingerprint density at radius 3 is 1.44 bits per heavy atom. The van der Waals surface area contributed by atoms with Gasteiger partial charge in [0, 0.05) is 74.0 Å². The van der Waals surface area contributed by atoms with E-state index in [1.807, 2.05) is 0 Å². The fraction of sp³-hybridized carbons (Fsp3) is 0.189. The number of benzene rings is 8. The van der Waals surface area contributed by atoms with Gasteiger partial charge in [-0.05, 0) is 155 Å². The Labute approximate surface area is 459 Å². The van der Waals surface area contributed by atoms with E-state index in [0.29, 0.717) is 11.8 Å². The summed E-state index contributed by atoms with van der Waals surface area (Å²) >= 11 is 0. The minimum Gasteiger partial charge on any atom is -0.335 e. The lowest BCUT2D eigenvalue weighted by Gasteiger charge is -2.55. The number of allylic oxidation sites excluding steroid dienone is 9. The summed E-state index contributed by atoms with van der Waals surface area (Å²) in [5.41, 5.74) is 26.9. The molecule has 2 aliphatic heterocycles. The van der Waals surface area contributed by atoms with E-state index in [1.165, 1.54) is 98.4 Å². The molecule has 2 fully saturated rings. The van der Waals surface area contributed by atoms with Crippen LogP contribution in [0.15, 0.2) is 276 Å². The van der Waals surface area contributed by atoms with Gasteiger partial charge in [-0.1, -0.05) is 206 Å². The number of para-hydroxylation sites is 2. The number of nitrogens with zero attached hydrogens (tertiary/aromatic N) is 3. The number of hydrogen-bond donors (Lipinski definition) is 0. The van der Waals surface area contributed by atoms with Crippen molar-refractivity contribution >= 4 is 51.8 Å². The van der Waals surface area contributed by atoms with Crippen LogP contribution in [0.25, 0.3) is 22.3 Å². The molecule has 3 nitrogen and oxygen atoms in total. The lowest BCUT2D eigenvalue weighted by molar-refractivity contribution is 0.275. The molecule has 8 aromatic carbocycles. The van der Waals surface area contributed by atoms with Gasteiger partial charge >= 0.3 is 0 Å². The highest BCUT2D eigenvalue weighted by molar-refractivity contribution is 6.92. The molecule has 2 heterocycles. The van der Waals surface area contributed by atoms with Gasteiger partial charge in [-0.3, -0.25) is 0 Å². The normalized spacial score (nSPS) is 26.9. The molecule has 0 saturated heterocycles. The third kappa shape index (κ3) is 6.47. The van der Waals surface area contributed by atoms with Gasteiger partial charge in [0.25, 0.3) is 0 Å². The van der Waals surface area contributed by atoms with Gasteiger partial charge in [-0.25, -0.2) is 0 Å². The quantitative estimate of drug-likeness (QED) is 0.105. The van der Waals surface area contributed by atoms with Crippen LogP contribution < -0.4 is 25.6 Å². The number of fused-ring (bicyclic) bond motifs is 4. The van der Waals surface area contributed by atoms with Crippen molar-refractivity contribution in [3.8, 4) is 22.3 Å². The molecule has 17 rings (SSSR count). The molecule has 8 atom stereocenters. The van der Waals surface area contributed by atoms with Crippen LogP contribution in [0.2, 0.25) is 5.82 Å². The molecule has 78 heavy (non-hydrogen) atoms. The molecule has 8 unspecified atom stereocenters. The summed E-state index contributed by atoms with van der Waals surface area (Å²) < 4.78 is 0. The van der Waals surface area contributed by atoms with E-state index in [4.69, 9.17) is 0 Å². The Morgan fingerprint density at radius 2 is 0.936 bits per heavy atom. The molecule has 4 heteroatoms. The van der Waals surface area contributed by atoms with Crippen molar-refractivity contribution in [3.63, 3.8) is 0 Å². The monoisotopic (exact) mass is 1000 g/mol. The average Bonchev–Trinajstić information content (AvgIpc) is 3.43. The molecule has 374 valence electrons. The molecular weight excluding hydrogens is 942 g/mol. The van der Waals surface area contributed by atoms with E-state index in [2.05, 4.69) is 271 Å². The van der Waals surface area contributed by atoms with E-state index in [0.717, 1.165) is 28.9 Å².